The second-order valence-corrected chi connectivity index (χ2v) is 4.83. The molecule has 0 aromatic heterocycles. The van der Waals surface area contributed by atoms with E-state index in [2.05, 4.69) is 0 Å². The van der Waals surface area contributed by atoms with Crippen LogP contribution < -0.4 is 0 Å². The van der Waals surface area contributed by atoms with Gasteiger partial charge in [-0.3, -0.25) is 9.69 Å². The van der Waals surface area contributed by atoms with Gasteiger partial charge < -0.3 is 0 Å². The molecule has 1 rings (SSSR count). The fourth-order valence-electron chi connectivity index (χ4n) is 2.00. The molecule has 2 nitrogen and oxygen atoms in total. The third kappa shape index (κ3) is 4.51. The molecule has 0 unspecified atom stereocenters. The molecule has 5 heteroatoms. The fourth-order valence-corrected chi connectivity index (χ4v) is 2.00. The summed E-state index contributed by atoms with van der Waals surface area (Å²) in [5, 5.41) is 0. The first kappa shape index (κ1) is 13.5. The minimum atomic E-state index is -4.13. The molecular formula is C11H18F3NO. The highest BCUT2D eigenvalue weighted by molar-refractivity contribution is 5.80. The molecule has 1 atom stereocenters. The van der Waals surface area contributed by atoms with Crippen LogP contribution in [0.3, 0.4) is 0 Å². The van der Waals surface area contributed by atoms with E-state index in [9.17, 15) is 18.0 Å². The molecule has 0 bridgehead atoms. The molecule has 0 aliphatic carbocycles. The van der Waals surface area contributed by atoms with E-state index in [-0.39, 0.29) is 17.6 Å². The summed E-state index contributed by atoms with van der Waals surface area (Å²) in [6.45, 7) is 3.66. The molecule has 1 aliphatic heterocycles. The van der Waals surface area contributed by atoms with Gasteiger partial charge in [0.25, 0.3) is 0 Å². The highest BCUT2D eigenvalue weighted by Crippen LogP contribution is 2.25. The number of ketones is 1. The minimum Gasteiger partial charge on any atom is -0.299 e. The van der Waals surface area contributed by atoms with Crippen molar-refractivity contribution in [2.24, 2.45) is 11.8 Å². The maximum Gasteiger partial charge on any atom is 0.401 e. The summed E-state index contributed by atoms with van der Waals surface area (Å²) >= 11 is 0. The van der Waals surface area contributed by atoms with Gasteiger partial charge in [-0.1, -0.05) is 13.8 Å². The average Bonchev–Trinajstić information content (AvgIpc) is 2.49. The molecule has 1 saturated heterocycles. The highest BCUT2D eigenvalue weighted by Gasteiger charge is 2.34. The molecule has 0 aromatic carbocycles. The van der Waals surface area contributed by atoms with Crippen LogP contribution in [0.5, 0.6) is 0 Å². The molecule has 1 aliphatic rings. The Balaban J connectivity index is 2.33. The van der Waals surface area contributed by atoms with Crippen LogP contribution in [0.4, 0.5) is 13.2 Å². The van der Waals surface area contributed by atoms with E-state index < -0.39 is 12.7 Å². The van der Waals surface area contributed by atoms with Gasteiger partial charge in [0.05, 0.1) is 6.54 Å². The zero-order valence-electron chi connectivity index (χ0n) is 9.68. The molecule has 0 N–H and O–H groups in total. The number of carbonyl (C=O) groups is 1. The van der Waals surface area contributed by atoms with Crippen molar-refractivity contribution in [3.05, 3.63) is 0 Å². The normalized spacial score (nSPS) is 23.0. The lowest BCUT2D eigenvalue weighted by molar-refractivity contribution is -0.143. The number of hydrogen-bond acceptors (Lipinski definition) is 2. The van der Waals surface area contributed by atoms with Crippen LogP contribution in [0, 0.1) is 11.8 Å². The maximum absolute atomic E-state index is 12.1. The number of carbonyl (C=O) groups excluding carboxylic acids is 1. The summed E-state index contributed by atoms with van der Waals surface area (Å²) in [5.74, 6) is 0.243. The van der Waals surface area contributed by atoms with Gasteiger partial charge in [-0.25, -0.2) is 0 Å². The van der Waals surface area contributed by atoms with Crippen molar-refractivity contribution in [2.75, 3.05) is 19.6 Å². The quantitative estimate of drug-likeness (QED) is 0.748. The van der Waals surface area contributed by atoms with Gasteiger partial charge in [0.2, 0.25) is 0 Å². The van der Waals surface area contributed by atoms with E-state index in [4.69, 9.17) is 0 Å². The van der Waals surface area contributed by atoms with Crippen LogP contribution in [-0.2, 0) is 4.79 Å². The van der Waals surface area contributed by atoms with E-state index in [1.807, 2.05) is 13.8 Å². The molecule has 0 saturated carbocycles. The van der Waals surface area contributed by atoms with Crippen LogP contribution >= 0.6 is 0 Å². The summed E-state index contributed by atoms with van der Waals surface area (Å²) < 4.78 is 36.4. The molecule has 0 amide bonds. The lowest BCUT2D eigenvalue weighted by atomic mass is 9.96. The van der Waals surface area contributed by atoms with E-state index >= 15 is 0 Å². The van der Waals surface area contributed by atoms with Gasteiger partial charge in [0, 0.05) is 18.9 Å². The van der Waals surface area contributed by atoms with Crippen molar-refractivity contribution in [1.29, 1.82) is 0 Å². The zero-order chi connectivity index (χ0) is 12.3. The summed E-state index contributed by atoms with van der Waals surface area (Å²) in [4.78, 5) is 12.8. The predicted molar refractivity (Wildman–Crippen MR) is 55.1 cm³/mol. The third-order valence-electron chi connectivity index (χ3n) is 2.91. The first-order valence-corrected chi connectivity index (χ1v) is 5.59. The molecule has 0 radical (unpaired) electrons. The zero-order valence-corrected chi connectivity index (χ0v) is 9.68. The van der Waals surface area contributed by atoms with Crippen molar-refractivity contribution in [1.82, 2.24) is 4.90 Å². The van der Waals surface area contributed by atoms with Gasteiger partial charge in [-0.2, -0.15) is 13.2 Å². The average molecular weight is 237 g/mol. The van der Waals surface area contributed by atoms with E-state index in [0.29, 0.717) is 25.9 Å². The third-order valence-corrected chi connectivity index (χ3v) is 2.91. The number of hydrogen-bond donors (Lipinski definition) is 0. The summed E-state index contributed by atoms with van der Waals surface area (Å²) in [6.07, 6.45) is -3.00. The van der Waals surface area contributed by atoms with Crippen LogP contribution in [0.25, 0.3) is 0 Å². The monoisotopic (exact) mass is 237 g/mol. The molecule has 0 spiro atoms. The Morgan fingerprint density at radius 3 is 2.56 bits per heavy atom. The van der Waals surface area contributed by atoms with Crippen LogP contribution in [0.1, 0.15) is 26.7 Å². The molecule has 94 valence electrons. The number of alkyl halides is 3. The predicted octanol–water partition coefficient (Wildman–Crippen LogP) is 2.49. The van der Waals surface area contributed by atoms with Crippen molar-refractivity contribution in [3.63, 3.8) is 0 Å². The number of rotatable bonds is 4. The minimum absolute atomic E-state index is 0.0170. The molecular weight excluding hydrogens is 219 g/mol. The second-order valence-electron chi connectivity index (χ2n) is 4.83. The first-order chi connectivity index (χ1) is 7.28. The smallest absolute Gasteiger partial charge is 0.299 e. The van der Waals surface area contributed by atoms with Gasteiger partial charge in [-0.05, 0) is 18.9 Å². The van der Waals surface area contributed by atoms with E-state index in [0.717, 1.165) is 0 Å². The van der Waals surface area contributed by atoms with Gasteiger partial charge in [0.1, 0.15) is 5.78 Å². The topological polar surface area (TPSA) is 20.3 Å². The SMILES string of the molecule is CC(C)C(=O)C[C@@H]1CCN(CC(F)(F)F)C1. The van der Waals surface area contributed by atoms with E-state index in [1.54, 1.807) is 0 Å². The standard InChI is InChI=1S/C11H18F3NO/c1-8(2)10(16)5-9-3-4-15(6-9)7-11(12,13)14/h8-9H,3-7H2,1-2H3/t9-/m0/s1. The van der Waals surface area contributed by atoms with Crippen LogP contribution in [-0.4, -0.2) is 36.5 Å². The van der Waals surface area contributed by atoms with Gasteiger partial charge in [0.15, 0.2) is 0 Å². The molecule has 1 heterocycles. The Labute approximate surface area is 93.8 Å². The first-order valence-electron chi connectivity index (χ1n) is 5.59. The van der Waals surface area contributed by atoms with Crippen LogP contribution in [0.15, 0.2) is 0 Å². The lowest BCUT2D eigenvalue weighted by Crippen LogP contribution is -2.32. The van der Waals surface area contributed by atoms with Crippen molar-refractivity contribution >= 4 is 5.78 Å². The molecule has 1 fully saturated rings. The number of nitrogens with zero attached hydrogens (tertiary/aromatic N) is 1. The van der Waals surface area contributed by atoms with Gasteiger partial charge in [-0.15, -0.1) is 0 Å². The van der Waals surface area contributed by atoms with Crippen LogP contribution in [0.2, 0.25) is 0 Å². The fraction of sp³-hybridized carbons (Fsp3) is 0.909. The lowest BCUT2D eigenvalue weighted by Gasteiger charge is -2.17. The van der Waals surface area contributed by atoms with E-state index in [1.165, 1.54) is 4.90 Å². The maximum atomic E-state index is 12.1. The number of halogens is 3. The Morgan fingerprint density at radius 2 is 2.06 bits per heavy atom. The molecule has 0 aromatic rings. The van der Waals surface area contributed by atoms with Gasteiger partial charge >= 0.3 is 6.18 Å². The largest absolute Gasteiger partial charge is 0.401 e. The summed E-state index contributed by atoms with van der Waals surface area (Å²) in [6, 6.07) is 0. The summed E-state index contributed by atoms with van der Waals surface area (Å²) in [5.41, 5.74) is 0. The Morgan fingerprint density at radius 1 is 1.44 bits per heavy atom. The summed E-state index contributed by atoms with van der Waals surface area (Å²) in [7, 11) is 0. The Hall–Kier alpha value is -0.580. The van der Waals surface area contributed by atoms with Crippen molar-refractivity contribution < 1.29 is 18.0 Å². The molecule has 16 heavy (non-hydrogen) atoms. The number of Topliss-reactive ketones (excluding diaryl/α,β-unsaturated/α-hetero) is 1. The number of likely N-dealkylation sites (tertiary alicyclic amines) is 1. The Kier molecular flexibility index (Phi) is 4.35. The highest BCUT2D eigenvalue weighted by atomic mass is 19.4. The second kappa shape index (κ2) is 5.17. The Bertz CT molecular complexity index is 250. The van der Waals surface area contributed by atoms with Crippen molar-refractivity contribution in [2.45, 2.75) is 32.9 Å². The van der Waals surface area contributed by atoms with Crippen molar-refractivity contribution in [3.8, 4) is 0 Å².